The molecule has 0 aliphatic heterocycles. The highest BCUT2D eigenvalue weighted by Crippen LogP contribution is 2.23. The zero-order valence-electron chi connectivity index (χ0n) is 14.2. The van der Waals surface area contributed by atoms with Crippen molar-refractivity contribution < 1.29 is 9.21 Å². The number of nitrogens with one attached hydrogen (secondary N) is 1. The van der Waals surface area contributed by atoms with Gasteiger partial charge in [-0.15, -0.1) is 12.4 Å². The lowest BCUT2D eigenvalue weighted by Gasteiger charge is -2.23. The lowest BCUT2D eigenvalue weighted by molar-refractivity contribution is -0.126. The Labute approximate surface area is 156 Å². The van der Waals surface area contributed by atoms with Gasteiger partial charge in [0.2, 0.25) is 11.8 Å². The minimum absolute atomic E-state index is 0. The molecule has 2 rings (SSSR count). The van der Waals surface area contributed by atoms with Gasteiger partial charge in [0.05, 0.1) is 12.7 Å². The normalized spacial score (nSPS) is 13.8. The Morgan fingerprint density at radius 3 is 2.33 bits per heavy atom. The molecule has 3 N–H and O–H groups in total. The zero-order chi connectivity index (χ0) is 17.3. The molecule has 0 radical (unpaired) electrons. The second kappa shape index (κ2) is 7.68. The predicted octanol–water partition coefficient (Wildman–Crippen LogP) is 3.65. The van der Waals surface area contributed by atoms with E-state index in [1.54, 1.807) is 13.1 Å². The van der Waals surface area contributed by atoms with Gasteiger partial charge in [0, 0.05) is 9.89 Å². The topological polar surface area (TPSA) is 81.2 Å². The summed E-state index contributed by atoms with van der Waals surface area (Å²) in [7, 11) is 0. The molecule has 1 atom stereocenters. The molecule has 7 heteroatoms. The van der Waals surface area contributed by atoms with Crippen LogP contribution in [-0.2, 0) is 22.3 Å². The molecule has 2 aromatic rings. The number of nitrogens with two attached hydrogens (primary N) is 1. The van der Waals surface area contributed by atoms with Crippen LogP contribution in [-0.4, -0.2) is 10.9 Å². The first kappa shape index (κ1) is 20.7. The Balaban J connectivity index is 0.00000288. The van der Waals surface area contributed by atoms with Crippen LogP contribution >= 0.6 is 28.3 Å². The summed E-state index contributed by atoms with van der Waals surface area (Å²) in [4.78, 5) is 16.6. The number of oxazole rings is 1. The van der Waals surface area contributed by atoms with E-state index in [0.717, 1.165) is 15.8 Å². The maximum Gasteiger partial charge on any atom is 0.244 e. The van der Waals surface area contributed by atoms with Gasteiger partial charge < -0.3 is 15.5 Å². The Bertz CT molecular complexity index is 691. The molecule has 0 fully saturated rings. The third-order valence-corrected chi connectivity index (χ3v) is 4.14. The van der Waals surface area contributed by atoms with E-state index in [4.69, 9.17) is 10.2 Å². The molecule has 0 spiro atoms. The van der Waals surface area contributed by atoms with E-state index in [-0.39, 0.29) is 30.3 Å². The molecule has 1 aromatic carbocycles. The van der Waals surface area contributed by atoms with E-state index in [1.165, 1.54) is 0 Å². The fourth-order valence-corrected chi connectivity index (χ4v) is 2.27. The smallest absolute Gasteiger partial charge is 0.244 e. The Morgan fingerprint density at radius 2 is 1.83 bits per heavy atom. The molecule has 0 saturated carbocycles. The maximum atomic E-state index is 12.4. The fourth-order valence-electron chi connectivity index (χ4n) is 2.01. The second-order valence-corrected chi connectivity index (χ2v) is 7.68. The van der Waals surface area contributed by atoms with Gasteiger partial charge >= 0.3 is 0 Å². The lowest BCUT2D eigenvalue weighted by atomic mass is 9.92. The number of carbonyl (C=O) groups excluding carboxylic acids is 1. The van der Waals surface area contributed by atoms with Crippen molar-refractivity contribution in [2.45, 2.75) is 45.2 Å². The molecule has 5 nitrogen and oxygen atoms in total. The van der Waals surface area contributed by atoms with E-state index in [1.807, 2.05) is 45.0 Å². The van der Waals surface area contributed by atoms with E-state index < -0.39 is 5.54 Å². The van der Waals surface area contributed by atoms with Crippen molar-refractivity contribution in [3.05, 3.63) is 52.1 Å². The summed E-state index contributed by atoms with van der Waals surface area (Å²) in [5, 5.41) is 2.79. The standard InChI is InChI=1S/C17H22BrN3O2.ClH/c1-16(2,3)13-9-20-14(23-13)10-21-15(22)17(4,19)11-5-7-12(18)8-6-11;/h5-9H,10,19H2,1-4H3,(H,21,22);1H. The monoisotopic (exact) mass is 415 g/mol. The number of halogens is 2. The van der Waals surface area contributed by atoms with Gasteiger partial charge in [-0.1, -0.05) is 48.8 Å². The van der Waals surface area contributed by atoms with Gasteiger partial charge in [-0.3, -0.25) is 4.79 Å². The quantitative estimate of drug-likeness (QED) is 0.797. The highest BCUT2D eigenvalue weighted by atomic mass is 79.9. The molecule has 1 heterocycles. The predicted molar refractivity (Wildman–Crippen MR) is 100.0 cm³/mol. The van der Waals surface area contributed by atoms with E-state index >= 15 is 0 Å². The number of benzene rings is 1. The van der Waals surface area contributed by atoms with Crippen LogP contribution in [0.2, 0.25) is 0 Å². The van der Waals surface area contributed by atoms with Crippen molar-refractivity contribution >= 4 is 34.2 Å². The molecule has 0 aliphatic carbocycles. The largest absolute Gasteiger partial charge is 0.443 e. The van der Waals surface area contributed by atoms with Crippen LogP contribution in [0.3, 0.4) is 0 Å². The van der Waals surface area contributed by atoms with Crippen LogP contribution in [0.5, 0.6) is 0 Å². The number of carbonyl (C=O) groups is 1. The third-order valence-electron chi connectivity index (χ3n) is 3.61. The molecule has 0 bridgehead atoms. The maximum absolute atomic E-state index is 12.4. The highest BCUT2D eigenvalue weighted by molar-refractivity contribution is 9.10. The Hall–Kier alpha value is -1.37. The van der Waals surface area contributed by atoms with Crippen LogP contribution in [0, 0.1) is 0 Å². The van der Waals surface area contributed by atoms with Crippen molar-refractivity contribution in [1.29, 1.82) is 0 Å². The fraction of sp³-hybridized carbons (Fsp3) is 0.412. The summed E-state index contributed by atoms with van der Waals surface area (Å²) in [6.45, 7) is 8.01. The van der Waals surface area contributed by atoms with Crippen LogP contribution in [0.25, 0.3) is 0 Å². The lowest BCUT2D eigenvalue weighted by Crippen LogP contribution is -2.48. The van der Waals surface area contributed by atoms with E-state index in [0.29, 0.717) is 5.89 Å². The van der Waals surface area contributed by atoms with Gasteiger partial charge in [0.15, 0.2) is 0 Å². The van der Waals surface area contributed by atoms with Gasteiger partial charge in [-0.05, 0) is 24.6 Å². The minimum Gasteiger partial charge on any atom is -0.443 e. The molecular formula is C17H23BrClN3O2. The second-order valence-electron chi connectivity index (χ2n) is 6.76. The Morgan fingerprint density at radius 1 is 1.25 bits per heavy atom. The molecule has 132 valence electrons. The van der Waals surface area contributed by atoms with Crippen LogP contribution < -0.4 is 11.1 Å². The first-order valence-corrected chi connectivity index (χ1v) is 8.18. The third kappa shape index (κ3) is 4.82. The SMILES string of the molecule is CC(C)(C)c1cnc(CNC(=O)C(C)(N)c2ccc(Br)cc2)o1.Cl. The molecule has 1 amide bonds. The molecular weight excluding hydrogens is 394 g/mol. The Kier molecular flexibility index (Phi) is 6.61. The number of aromatic nitrogens is 1. The number of hydrogen-bond donors (Lipinski definition) is 2. The van der Waals surface area contributed by atoms with Crippen molar-refractivity contribution in [1.82, 2.24) is 10.3 Å². The van der Waals surface area contributed by atoms with Crippen molar-refractivity contribution in [3.63, 3.8) is 0 Å². The molecule has 24 heavy (non-hydrogen) atoms. The number of amides is 1. The first-order chi connectivity index (χ1) is 10.6. The summed E-state index contributed by atoms with van der Waals surface area (Å²) < 4.78 is 6.60. The van der Waals surface area contributed by atoms with Crippen LogP contribution in [0.1, 0.15) is 44.9 Å². The van der Waals surface area contributed by atoms with Gasteiger partial charge in [-0.25, -0.2) is 4.98 Å². The summed E-state index contributed by atoms with van der Waals surface area (Å²) >= 11 is 3.37. The summed E-state index contributed by atoms with van der Waals surface area (Å²) in [6, 6.07) is 7.37. The number of hydrogen-bond acceptors (Lipinski definition) is 4. The van der Waals surface area contributed by atoms with Crippen molar-refractivity contribution in [3.8, 4) is 0 Å². The molecule has 1 aromatic heterocycles. The zero-order valence-corrected chi connectivity index (χ0v) is 16.6. The molecule has 0 saturated heterocycles. The van der Waals surface area contributed by atoms with Gasteiger partial charge in [-0.2, -0.15) is 0 Å². The number of nitrogens with zero attached hydrogens (tertiary/aromatic N) is 1. The van der Waals surface area contributed by atoms with Crippen LogP contribution in [0.15, 0.2) is 39.4 Å². The molecule has 1 unspecified atom stereocenters. The number of rotatable bonds is 4. The summed E-state index contributed by atoms with van der Waals surface area (Å²) in [6.07, 6.45) is 1.69. The van der Waals surface area contributed by atoms with E-state index in [2.05, 4.69) is 26.2 Å². The molecule has 0 aliphatic rings. The summed E-state index contributed by atoms with van der Waals surface area (Å²) in [5.41, 5.74) is 5.69. The van der Waals surface area contributed by atoms with Gasteiger partial charge in [0.25, 0.3) is 0 Å². The summed E-state index contributed by atoms with van der Waals surface area (Å²) in [5.74, 6) is 0.968. The average molecular weight is 417 g/mol. The van der Waals surface area contributed by atoms with Crippen molar-refractivity contribution in [2.24, 2.45) is 5.73 Å². The first-order valence-electron chi connectivity index (χ1n) is 7.39. The minimum atomic E-state index is -1.12. The van der Waals surface area contributed by atoms with E-state index in [9.17, 15) is 4.79 Å². The van der Waals surface area contributed by atoms with Crippen LogP contribution in [0.4, 0.5) is 0 Å². The van der Waals surface area contributed by atoms with Gasteiger partial charge in [0.1, 0.15) is 11.3 Å². The average Bonchev–Trinajstić information content (AvgIpc) is 2.94. The highest BCUT2D eigenvalue weighted by Gasteiger charge is 2.30. The van der Waals surface area contributed by atoms with Crippen molar-refractivity contribution in [2.75, 3.05) is 0 Å².